The van der Waals surface area contributed by atoms with E-state index in [1.807, 2.05) is 12.1 Å². The maximum Gasteiger partial charge on any atom is 0.173 e. The fourth-order valence-electron chi connectivity index (χ4n) is 1.86. The number of thiophene rings is 1. The van der Waals surface area contributed by atoms with Gasteiger partial charge in [0.1, 0.15) is 0 Å². The van der Waals surface area contributed by atoms with Gasteiger partial charge in [0.2, 0.25) is 0 Å². The number of carbonyl (C=O) groups is 1. The van der Waals surface area contributed by atoms with Gasteiger partial charge in [-0.1, -0.05) is 16.8 Å². The smallest absolute Gasteiger partial charge is 0.173 e. The fraction of sp³-hybridized carbons (Fsp3) is 0.143. The molecule has 112 valence electrons. The van der Waals surface area contributed by atoms with Crippen molar-refractivity contribution in [3.63, 3.8) is 0 Å². The monoisotopic (exact) mass is 396 g/mol. The molecular weight excluding hydrogens is 388 g/mol. The van der Waals surface area contributed by atoms with Gasteiger partial charge >= 0.3 is 0 Å². The Labute approximate surface area is 144 Å². The SMILES string of the molecule is O=C(CCc1cn(-c2ccc(Br)cn2)nn1)c1ccc(Cl)s1. The molecule has 0 amide bonds. The Morgan fingerprint density at radius 2 is 2.18 bits per heavy atom. The zero-order valence-electron chi connectivity index (χ0n) is 11.2. The number of rotatable bonds is 5. The summed E-state index contributed by atoms with van der Waals surface area (Å²) in [6, 6.07) is 7.20. The first-order chi connectivity index (χ1) is 10.6. The highest BCUT2D eigenvalue weighted by molar-refractivity contribution is 9.10. The van der Waals surface area contributed by atoms with Crippen molar-refractivity contribution < 1.29 is 4.79 Å². The Balaban J connectivity index is 1.64. The number of nitrogens with zero attached hydrogens (tertiary/aromatic N) is 4. The molecule has 0 saturated carbocycles. The lowest BCUT2D eigenvalue weighted by atomic mass is 10.1. The number of hydrogen-bond donors (Lipinski definition) is 0. The lowest BCUT2D eigenvalue weighted by Gasteiger charge is -1.98. The van der Waals surface area contributed by atoms with Gasteiger partial charge in [-0.25, -0.2) is 9.67 Å². The van der Waals surface area contributed by atoms with E-state index in [1.165, 1.54) is 11.3 Å². The standard InChI is InChI=1S/C14H10BrClN4OS/c15-9-1-6-14(17-7-9)20-8-10(18-19-20)2-3-11(21)12-4-5-13(16)22-12/h1,4-8H,2-3H2. The van der Waals surface area contributed by atoms with Crippen LogP contribution in [0.3, 0.4) is 0 Å². The van der Waals surface area contributed by atoms with Crippen molar-refractivity contribution in [2.45, 2.75) is 12.8 Å². The zero-order chi connectivity index (χ0) is 15.5. The van der Waals surface area contributed by atoms with Crippen LogP contribution in [-0.2, 0) is 6.42 Å². The van der Waals surface area contributed by atoms with E-state index in [4.69, 9.17) is 11.6 Å². The van der Waals surface area contributed by atoms with Gasteiger partial charge in [-0.15, -0.1) is 16.4 Å². The average molecular weight is 398 g/mol. The molecule has 3 aromatic rings. The van der Waals surface area contributed by atoms with E-state index in [9.17, 15) is 4.79 Å². The van der Waals surface area contributed by atoms with Crippen LogP contribution >= 0.6 is 38.9 Å². The normalized spacial score (nSPS) is 10.8. The van der Waals surface area contributed by atoms with E-state index in [2.05, 4.69) is 31.2 Å². The van der Waals surface area contributed by atoms with Crippen molar-refractivity contribution in [2.24, 2.45) is 0 Å². The highest BCUT2D eigenvalue weighted by Crippen LogP contribution is 2.23. The van der Waals surface area contributed by atoms with Gasteiger partial charge in [0.05, 0.1) is 21.1 Å². The molecule has 22 heavy (non-hydrogen) atoms. The number of aromatic nitrogens is 4. The molecule has 0 spiro atoms. The number of Topliss-reactive ketones (excluding diaryl/α,β-unsaturated/α-hetero) is 1. The molecule has 3 rings (SSSR count). The molecule has 0 unspecified atom stereocenters. The fourth-order valence-corrected chi connectivity index (χ4v) is 3.10. The van der Waals surface area contributed by atoms with Crippen molar-refractivity contribution in [3.05, 3.63) is 56.0 Å². The van der Waals surface area contributed by atoms with Crippen molar-refractivity contribution in [1.29, 1.82) is 0 Å². The van der Waals surface area contributed by atoms with Crippen LogP contribution < -0.4 is 0 Å². The van der Waals surface area contributed by atoms with Gasteiger partial charge in [0.25, 0.3) is 0 Å². The number of ketones is 1. The first-order valence-electron chi connectivity index (χ1n) is 6.43. The minimum atomic E-state index is 0.0632. The molecule has 0 saturated heterocycles. The summed E-state index contributed by atoms with van der Waals surface area (Å²) < 4.78 is 3.11. The van der Waals surface area contributed by atoms with Crippen molar-refractivity contribution >= 4 is 44.7 Å². The number of carbonyl (C=O) groups excluding carboxylic acids is 1. The highest BCUT2D eigenvalue weighted by Gasteiger charge is 2.11. The third kappa shape index (κ3) is 3.60. The summed E-state index contributed by atoms with van der Waals surface area (Å²) in [5.41, 5.74) is 0.751. The lowest BCUT2D eigenvalue weighted by Crippen LogP contribution is -1.99. The van der Waals surface area contributed by atoms with Gasteiger partial charge in [-0.05, 0) is 40.2 Å². The lowest BCUT2D eigenvalue weighted by molar-refractivity contribution is 0.0986. The molecule has 0 aliphatic carbocycles. The number of aryl methyl sites for hydroxylation is 1. The minimum Gasteiger partial charge on any atom is -0.293 e. The Hall–Kier alpha value is -1.57. The molecule has 0 N–H and O–H groups in total. The van der Waals surface area contributed by atoms with Crippen molar-refractivity contribution in [1.82, 2.24) is 20.0 Å². The van der Waals surface area contributed by atoms with E-state index in [-0.39, 0.29) is 5.78 Å². The molecule has 0 fully saturated rings. The van der Waals surface area contributed by atoms with Gasteiger partial charge < -0.3 is 0 Å². The summed E-state index contributed by atoms with van der Waals surface area (Å²) in [5.74, 6) is 0.742. The highest BCUT2D eigenvalue weighted by atomic mass is 79.9. The van der Waals surface area contributed by atoms with Crippen LogP contribution in [-0.4, -0.2) is 25.8 Å². The maximum atomic E-state index is 12.0. The second-order valence-electron chi connectivity index (χ2n) is 4.52. The summed E-state index contributed by atoms with van der Waals surface area (Å²) >= 11 is 10.5. The Morgan fingerprint density at radius 1 is 1.32 bits per heavy atom. The van der Waals surface area contributed by atoms with Crippen LogP contribution in [0.25, 0.3) is 5.82 Å². The summed E-state index contributed by atoms with van der Waals surface area (Å²) in [4.78, 5) is 16.9. The van der Waals surface area contributed by atoms with Crippen LogP contribution in [0, 0.1) is 0 Å². The summed E-state index contributed by atoms with van der Waals surface area (Å²) in [6.45, 7) is 0. The number of hydrogen-bond acceptors (Lipinski definition) is 5. The first kappa shape index (κ1) is 15.3. The average Bonchev–Trinajstić information content (AvgIpc) is 3.15. The van der Waals surface area contributed by atoms with Gasteiger partial charge in [0.15, 0.2) is 11.6 Å². The number of pyridine rings is 1. The predicted octanol–water partition coefficient (Wildman–Crippen LogP) is 3.96. The van der Waals surface area contributed by atoms with Gasteiger partial charge in [-0.3, -0.25) is 4.79 Å². The molecule has 0 aromatic carbocycles. The Morgan fingerprint density at radius 3 is 2.86 bits per heavy atom. The van der Waals surface area contributed by atoms with Crippen LogP contribution in [0.15, 0.2) is 41.1 Å². The Bertz CT molecular complexity index is 799. The van der Waals surface area contributed by atoms with Crippen LogP contribution in [0.2, 0.25) is 4.34 Å². The molecule has 3 heterocycles. The largest absolute Gasteiger partial charge is 0.293 e. The summed E-state index contributed by atoms with van der Waals surface area (Å²) in [7, 11) is 0. The number of halogens is 2. The van der Waals surface area contributed by atoms with Crippen LogP contribution in [0.4, 0.5) is 0 Å². The van der Waals surface area contributed by atoms with Crippen molar-refractivity contribution in [2.75, 3.05) is 0 Å². The van der Waals surface area contributed by atoms with E-state index >= 15 is 0 Å². The second-order valence-corrected chi connectivity index (χ2v) is 7.15. The molecule has 0 aliphatic heterocycles. The molecule has 0 atom stereocenters. The van der Waals surface area contributed by atoms with Crippen molar-refractivity contribution in [3.8, 4) is 5.82 Å². The van der Waals surface area contributed by atoms with E-state index in [1.54, 1.807) is 29.2 Å². The van der Waals surface area contributed by atoms with Crippen LogP contribution in [0.5, 0.6) is 0 Å². The first-order valence-corrected chi connectivity index (χ1v) is 8.42. The quantitative estimate of drug-likeness (QED) is 0.612. The molecule has 0 radical (unpaired) electrons. The second kappa shape index (κ2) is 6.68. The van der Waals surface area contributed by atoms with E-state index < -0.39 is 0 Å². The Kier molecular flexibility index (Phi) is 4.66. The van der Waals surface area contributed by atoms with E-state index in [0.717, 1.165) is 10.2 Å². The van der Waals surface area contributed by atoms with Crippen LogP contribution in [0.1, 0.15) is 21.8 Å². The molecule has 5 nitrogen and oxygen atoms in total. The molecule has 8 heteroatoms. The molecular formula is C14H10BrClN4OS. The molecule has 3 aromatic heterocycles. The maximum absolute atomic E-state index is 12.0. The zero-order valence-corrected chi connectivity index (χ0v) is 14.4. The molecule has 0 aliphatic rings. The summed E-state index contributed by atoms with van der Waals surface area (Å²) in [6.07, 6.45) is 4.39. The minimum absolute atomic E-state index is 0.0632. The molecule has 0 bridgehead atoms. The van der Waals surface area contributed by atoms with E-state index in [0.29, 0.717) is 27.9 Å². The third-order valence-electron chi connectivity index (χ3n) is 2.94. The van der Waals surface area contributed by atoms with Gasteiger partial charge in [0, 0.05) is 23.5 Å². The topological polar surface area (TPSA) is 60.7 Å². The van der Waals surface area contributed by atoms with Gasteiger partial charge in [-0.2, -0.15) is 0 Å². The summed E-state index contributed by atoms with van der Waals surface area (Å²) in [5, 5.41) is 8.10. The third-order valence-corrected chi connectivity index (χ3v) is 4.68. The predicted molar refractivity (Wildman–Crippen MR) is 88.8 cm³/mol.